The van der Waals surface area contributed by atoms with Crippen LogP contribution in [-0.4, -0.2) is 38.4 Å². The highest BCUT2D eigenvalue weighted by molar-refractivity contribution is 6.03. The Morgan fingerprint density at radius 2 is 2.09 bits per heavy atom. The van der Waals surface area contributed by atoms with E-state index in [0.29, 0.717) is 22.0 Å². The van der Waals surface area contributed by atoms with Gasteiger partial charge in [0.2, 0.25) is 0 Å². The lowest BCUT2D eigenvalue weighted by Gasteiger charge is -2.21. The molecule has 0 fully saturated rings. The first-order valence-electron chi connectivity index (χ1n) is 10.9. The minimum atomic E-state index is -1.94. The quantitative estimate of drug-likeness (QED) is 0.115. The highest BCUT2D eigenvalue weighted by Crippen LogP contribution is 2.44. The lowest BCUT2D eigenvalue weighted by molar-refractivity contribution is -0.385. The molecule has 3 aromatic rings. The van der Waals surface area contributed by atoms with Crippen molar-refractivity contribution in [2.75, 3.05) is 6.61 Å². The fourth-order valence-corrected chi connectivity index (χ4v) is 4.25. The lowest BCUT2D eigenvalue weighted by atomic mass is 9.96. The van der Waals surface area contributed by atoms with Crippen LogP contribution in [0.3, 0.4) is 0 Å². The van der Waals surface area contributed by atoms with Gasteiger partial charge in [0.15, 0.2) is 6.10 Å². The van der Waals surface area contributed by atoms with Crippen molar-refractivity contribution in [1.82, 2.24) is 9.55 Å². The number of rotatable bonds is 5. The number of fused-ring (bicyclic) bond motifs is 5. The first kappa shape index (κ1) is 23.8. The van der Waals surface area contributed by atoms with Crippen molar-refractivity contribution in [3.8, 4) is 11.4 Å². The smallest absolute Gasteiger partial charge is 0.340 e. The van der Waals surface area contributed by atoms with Crippen molar-refractivity contribution >= 4 is 28.8 Å². The second-order valence-electron chi connectivity index (χ2n) is 7.44. The molecule has 1 atom stereocenters. The first-order chi connectivity index (χ1) is 16.9. The summed E-state index contributed by atoms with van der Waals surface area (Å²) in [5.41, 5.74) is 0.169. The van der Waals surface area contributed by atoms with Gasteiger partial charge in [-0.15, -0.1) is 0 Å². The van der Waals surface area contributed by atoms with Crippen LogP contribution in [0.4, 0.5) is 5.69 Å². The number of aliphatic hydroxyl groups is 1. The second kappa shape index (κ2) is 9.47. The Bertz CT molecular complexity index is 1460. The van der Waals surface area contributed by atoms with Gasteiger partial charge in [0, 0.05) is 16.5 Å². The van der Waals surface area contributed by atoms with E-state index in [9.17, 15) is 24.8 Å². The summed E-state index contributed by atoms with van der Waals surface area (Å²) >= 11 is 0. The van der Waals surface area contributed by atoms with Gasteiger partial charge < -0.3 is 14.7 Å². The monoisotopic (exact) mass is 478 g/mol. The Labute approximate surface area is 199 Å². The Balaban J connectivity index is 0.00000141. The van der Waals surface area contributed by atoms with Crippen LogP contribution in [0.5, 0.6) is 0 Å². The molecule has 0 bridgehead atoms. The van der Waals surface area contributed by atoms with Gasteiger partial charge in [-0.05, 0) is 6.07 Å². The van der Waals surface area contributed by atoms with Crippen molar-refractivity contribution in [3.63, 3.8) is 0 Å². The van der Waals surface area contributed by atoms with Gasteiger partial charge in [-0.1, -0.05) is 49.9 Å². The van der Waals surface area contributed by atoms with Crippen LogP contribution < -0.4 is 5.56 Å². The fourth-order valence-electron chi connectivity index (χ4n) is 4.25. The zero-order valence-corrected chi connectivity index (χ0v) is 19.1. The molecule has 0 saturated heterocycles. The molecule has 0 saturated carbocycles. The van der Waals surface area contributed by atoms with Crippen molar-refractivity contribution in [2.24, 2.45) is 5.16 Å². The van der Waals surface area contributed by atoms with E-state index in [1.807, 2.05) is 26.0 Å². The average Bonchev–Trinajstić information content (AvgIpc) is 3.24. The van der Waals surface area contributed by atoms with E-state index < -0.39 is 34.9 Å². The molecule has 0 radical (unpaired) electrons. The summed E-state index contributed by atoms with van der Waals surface area (Å²) in [5, 5.41) is 27.2. The minimum absolute atomic E-state index is 0.0116. The molecule has 11 heteroatoms. The van der Waals surface area contributed by atoms with Crippen molar-refractivity contribution in [2.45, 2.75) is 33.1 Å². The maximum atomic E-state index is 13.2. The Kier molecular flexibility index (Phi) is 6.43. The number of oxime groups is 1. The molecule has 180 valence electrons. The number of carbonyl (C=O) groups is 1. The molecule has 2 aromatic heterocycles. The number of aromatic nitrogens is 2. The van der Waals surface area contributed by atoms with Gasteiger partial charge in [-0.2, -0.15) is 0 Å². The second-order valence-corrected chi connectivity index (χ2v) is 7.44. The van der Waals surface area contributed by atoms with Crippen LogP contribution in [0.1, 0.15) is 42.2 Å². The number of aliphatic hydroxyl groups excluding tert-OH is 1. The van der Waals surface area contributed by atoms with E-state index >= 15 is 0 Å². The molecule has 1 aromatic carbocycles. The molecule has 1 unspecified atom stereocenters. The number of ether oxygens (including phenoxy) is 1. The first-order valence-corrected chi connectivity index (χ1v) is 10.9. The van der Waals surface area contributed by atoms with Crippen LogP contribution in [0, 0.1) is 10.1 Å². The average molecular weight is 478 g/mol. The molecule has 1 N–H and O–H groups in total. The van der Waals surface area contributed by atoms with E-state index in [-0.39, 0.29) is 35.7 Å². The molecular weight excluding hydrogens is 456 g/mol. The number of hydrogen-bond acceptors (Lipinski definition) is 9. The predicted octanol–water partition coefficient (Wildman–Crippen LogP) is 2.99. The molecule has 2 aliphatic heterocycles. The van der Waals surface area contributed by atoms with Gasteiger partial charge in [0.05, 0.1) is 34.3 Å². The number of esters is 1. The predicted molar refractivity (Wildman–Crippen MR) is 127 cm³/mol. The number of carbonyl (C=O) groups excluding carboxylic acids is 1. The maximum absolute atomic E-state index is 13.2. The number of hydrogen-bond donors (Lipinski definition) is 1. The zero-order chi connectivity index (χ0) is 25.3. The van der Waals surface area contributed by atoms with E-state index in [4.69, 9.17) is 9.57 Å². The molecule has 5 rings (SSSR count). The van der Waals surface area contributed by atoms with Crippen LogP contribution in [0.25, 0.3) is 22.3 Å². The standard InChI is InChI=1S/C22H16N4O7.C2H6/c1-2-7-33-23-8-12-11-5-3-4-6-15(11)24-17-13(12)9-25-19(17)18(26(30)31)16-14(21(25)28)10-32-22(29)20(16)27;1-2/h2-6,8,20,27H,1,7,9-10H2;1-2H3/b23-8+;. The molecular formula is C24H22N4O7. The number of cyclic esters (lactones) is 1. The summed E-state index contributed by atoms with van der Waals surface area (Å²) < 4.78 is 6.07. The number of pyridine rings is 2. The molecule has 35 heavy (non-hydrogen) atoms. The Hall–Kier alpha value is -4.38. The SMILES string of the molecule is C=CCO/N=C/c1c2c(nc3ccccc13)-c1c([N+](=O)[O-])c3c(c(=O)n1C2)COC(=O)C3O.CC. The van der Waals surface area contributed by atoms with Gasteiger partial charge in [-0.3, -0.25) is 19.5 Å². The zero-order valence-electron chi connectivity index (χ0n) is 19.1. The van der Waals surface area contributed by atoms with Crippen LogP contribution in [0.15, 0.2) is 46.9 Å². The largest absolute Gasteiger partial charge is 0.458 e. The van der Waals surface area contributed by atoms with Crippen molar-refractivity contribution in [3.05, 3.63) is 79.6 Å². The molecule has 4 heterocycles. The van der Waals surface area contributed by atoms with Crippen molar-refractivity contribution < 1.29 is 24.4 Å². The van der Waals surface area contributed by atoms with Gasteiger partial charge in [0.25, 0.3) is 5.56 Å². The molecule has 0 amide bonds. The molecule has 2 aliphatic rings. The summed E-state index contributed by atoms with van der Waals surface area (Å²) in [6.07, 6.45) is 1.06. The Morgan fingerprint density at radius 3 is 2.80 bits per heavy atom. The van der Waals surface area contributed by atoms with Gasteiger partial charge in [-0.25, -0.2) is 9.78 Å². The van der Waals surface area contributed by atoms with Gasteiger partial charge >= 0.3 is 11.7 Å². The summed E-state index contributed by atoms with van der Waals surface area (Å²) in [5.74, 6) is -1.05. The summed E-state index contributed by atoms with van der Waals surface area (Å²) in [4.78, 5) is 46.3. The highest BCUT2D eigenvalue weighted by atomic mass is 16.6. The van der Waals surface area contributed by atoms with E-state index in [1.54, 1.807) is 12.1 Å². The van der Waals surface area contributed by atoms with E-state index in [2.05, 4.69) is 16.7 Å². The van der Waals surface area contributed by atoms with E-state index in [0.717, 1.165) is 0 Å². The van der Waals surface area contributed by atoms with Crippen LogP contribution >= 0.6 is 0 Å². The number of nitrogens with zero attached hydrogens (tertiary/aromatic N) is 4. The molecule has 0 aliphatic carbocycles. The third-order valence-corrected chi connectivity index (χ3v) is 5.64. The van der Waals surface area contributed by atoms with E-state index in [1.165, 1.54) is 16.9 Å². The summed E-state index contributed by atoms with van der Waals surface area (Å²) in [6.45, 7) is 7.28. The number of nitro groups is 1. The van der Waals surface area contributed by atoms with Crippen molar-refractivity contribution in [1.29, 1.82) is 0 Å². The number of benzene rings is 1. The topological polar surface area (TPSA) is 146 Å². The minimum Gasteiger partial charge on any atom is -0.458 e. The maximum Gasteiger partial charge on any atom is 0.340 e. The summed E-state index contributed by atoms with van der Waals surface area (Å²) in [7, 11) is 0. The highest BCUT2D eigenvalue weighted by Gasteiger charge is 2.43. The third kappa shape index (κ3) is 3.75. The number of para-hydroxylation sites is 1. The van der Waals surface area contributed by atoms with Crippen LogP contribution in [0.2, 0.25) is 0 Å². The molecule has 11 nitrogen and oxygen atoms in total. The van der Waals surface area contributed by atoms with Gasteiger partial charge in [0.1, 0.15) is 24.6 Å². The third-order valence-electron chi connectivity index (χ3n) is 5.64. The molecule has 0 spiro atoms. The lowest BCUT2D eigenvalue weighted by Crippen LogP contribution is -2.33. The Morgan fingerprint density at radius 1 is 1.34 bits per heavy atom. The summed E-state index contributed by atoms with van der Waals surface area (Å²) in [6, 6.07) is 7.13. The fraction of sp³-hybridized carbons (Fsp3) is 0.250. The van der Waals surface area contributed by atoms with Crippen LogP contribution in [-0.2, 0) is 27.5 Å². The normalized spacial score (nSPS) is 15.5.